The number of hydrogen-bond donors (Lipinski definition) is 2. The third-order valence-electron chi connectivity index (χ3n) is 2.71. The van der Waals surface area contributed by atoms with E-state index in [1.54, 1.807) is 13.1 Å². The lowest BCUT2D eigenvalue weighted by atomic mass is 10.1. The van der Waals surface area contributed by atoms with Crippen LogP contribution in [-0.2, 0) is 0 Å². The number of nitrogens with one attached hydrogen (secondary N) is 1. The number of amides is 1. The number of carbonyl (C=O) groups excluding carboxylic acids is 1. The van der Waals surface area contributed by atoms with E-state index >= 15 is 0 Å². The van der Waals surface area contributed by atoms with Gasteiger partial charge in [-0.05, 0) is 26.0 Å². The van der Waals surface area contributed by atoms with Crippen LogP contribution in [0.15, 0.2) is 18.3 Å². The molecule has 1 atom stereocenters. The molecular formula is C13H13F2N3OS. The summed E-state index contributed by atoms with van der Waals surface area (Å²) in [5, 5.41) is 3.18. The number of benzene rings is 1. The van der Waals surface area contributed by atoms with Gasteiger partial charge in [-0.1, -0.05) is 0 Å². The van der Waals surface area contributed by atoms with Gasteiger partial charge in [-0.3, -0.25) is 4.79 Å². The number of carbonyl (C=O) groups is 1. The van der Waals surface area contributed by atoms with Crippen molar-refractivity contribution >= 4 is 22.9 Å². The van der Waals surface area contributed by atoms with E-state index in [1.165, 1.54) is 11.3 Å². The van der Waals surface area contributed by atoms with E-state index in [0.29, 0.717) is 5.01 Å². The minimum Gasteiger partial charge on any atom is -0.396 e. The molecule has 0 aliphatic carbocycles. The Labute approximate surface area is 118 Å². The fraction of sp³-hybridized carbons (Fsp3) is 0.231. The number of hydrogen-bond acceptors (Lipinski definition) is 4. The molecule has 1 aromatic heterocycles. The predicted molar refractivity (Wildman–Crippen MR) is 73.5 cm³/mol. The molecule has 7 heteroatoms. The molecule has 1 aromatic carbocycles. The Bertz CT molecular complexity index is 657. The van der Waals surface area contributed by atoms with Crippen molar-refractivity contribution in [2.24, 2.45) is 0 Å². The molecule has 106 valence electrons. The van der Waals surface area contributed by atoms with Crippen molar-refractivity contribution in [3.8, 4) is 0 Å². The molecule has 2 rings (SSSR count). The van der Waals surface area contributed by atoms with Crippen molar-refractivity contribution in [3.63, 3.8) is 0 Å². The van der Waals surface area contributed by atoms with Crippen LogP contribution in [0.25, 0.3) is 0 Å². The molecule has 0 spiro atoms. The van der Waals surface area contributed by atoms with Crippen LogP contribution < -0.4 is 11.1 Å². The predicted octanol–water partition coefficient (Wildman–Crippen LogP) is 2.80. The second kappa shape index (κ2) is 5.54. The summed E-state index contributed by atoms with van der Waals surface area (Å²) in [6.45, 7) is 3.57. The molecule has 1 amide bonds. The van der Waals surface area contributed by atoms with Crippen LogP contribution in [0.3, 0.4) is 0 Å². The number of aromatic nitrogens is 1. The summed E-state index contributed by atoms with van der Waals surface area (Å²) in [6, 6.07) is 1.60. The standard InChI is InChI=1S/C13H13F2N3OS/c1-6-5-17-13(20-6)7(2)18-12(19)10-8(14)3-4-9(16)11(10)15/h3-5,7H,16H2,1-2H3,(H,18,19). The van der Waals surface area contributed by atoms with Crippen LogP contribution in [0.5, 0.6) is 0 Å². The normalized spacial score (nSPS) is 12.2. The molecular weight excluding hydrogens is 284 g/mol. The minimum absolute atomic E-state index is 0.269. The summed E-state index contributed by atoms with van der Waals surface area (Å²) < 4.78 is 27.3. The van der Waals surface area contributed by atoms with Gasteiger partial charge in [0.2, 0.25) is 0 Å². The fourth-order valence-electron chi connectivity index (χ4n) is 1.68. The van der Waals surface area contributed by atoms with Gasteiger partial charge in [-0.15, -0.1) is 11.3 Å². The van der Waals surface area contributed by atoms with Crippen LogP contribution in [0.4, 0.5) is 14.5 Å². The summed E-state index contributed by atoms with van der Waals surface area (Å²) in [6.07, 6.45) is 1.67. The van der Waals surface area contributed by atoms with E-state index < -0.39 is 29.1 Å². The van der Waals surface area contributed by atoms with Gasteiger partial charge in [-0.2, -0.15) is 0 Å². The topological polar surface area (TPSA) is 68.0 Å². The SMILES string of the molecule is Cc1cnc(C(C)NC(=O)c2c(F)ccc(N)c2F)s1. The molecule has 3 N–H and O–H groups in total. The minimum atomic E-state index is -1.05. The van der Waals surface area contributed by atoms with Crippen LogP contribution in [0.1, 0.15) is 33.2 Å². The Kier molecular flexibility index (Phi) is 3.99. The highest BCUT2D eigenvalue weighted by atomic mass is 32.1. The molecule has 0 fully saturated rings. The highest BCUT2D eigenvalue weighted by Crippen LogP contribution is 2.22. The second-order valence-corrected chi connectivity index (χ2v) is 5.60. The lowest BCUT2D eigenvalue weighted by Gasteiger charge is -2.12. The number of halogens is 2. The highest BCUT2D eigenvalue weighted by Gasteiger charge is 2.22. The van der Waals surface area contributed by atoms with Gasteiger partial charge in [-0.25, -0.2) is 13.8 Å². The van der Waals surface area contributed by atoms with E-state index in [0.717, 1.165) is 17.0 Å². The first-order valence-corrected chi connectivity index (χ1v) is 6.68. The zero-order valence-corrected chi connectivity index (χ0v) is 11.7. The van der Waals surface area contributed by atoms with Crippen molar-refractivity contribution in [3.05, 3.63) is 45.4 Å². The van der Waals surface area contributed by atoms with E-state index in [-0.39, 0.29) is 5.69 Å². The molecule has 0 saturated carbocycles. The third kappa shape index (κ3) is 2.77. The maximum atomic E-state index is 13.7. The van der Waals surface area contributed by atoms with Gasteiger partial charge in [0.25, 0.3) is 5.91 Å². The molecule has 0 bridgehead atoms. The van der Waals surface area contributed by atoms with Crippen molar-refractivity contribution in [1.82, 2.24) is 10.3 Å². The Morgan fingerprint density at radius 1 is 1.45 bits per heavy atom. The summed E-state index contributed by atoms with van der Waals surface area (Å²) in [4.78, 5) is 17.1. The molecule has 20 heavy (non-hydrogen) atoms. The summed E-state index contributed by atoms with van der Waals surface area (Å²) >= 11 is 1.41. The van der Waals surface area contributed by atoms with Gasteiger partial charge in [0, 0.05) is 11.1 Å². The van der Waals surface area contributed by atoms with Crippen molar-refractivity contribution in [1.29, 1.82) is 0 Å². The lowest BCUT2D eigenvalue weighted by molar-refractivity contribution is 0.0931. The van der Waals surface area contributed by atoms with E-state index in [9.17, 15) is 13.6 Å². The summed E-state index contributed by atoms with van der Waals surface area (Å²) in [5.74, 6) is -2.85. The highest BCUT2D eigenvalue weighted by molar-refractivity contribution is 7.11. The van der Waals surface area contributed by atoms with Crippen LogP contribution >= 0.6 is 11.3 Å². The van der Waals surface area contributed by atoms with E-state index in [2.05, 4.69) is 10.3 Å². The quantitative estimate of drug-likeness (QED) is 0.856. The first-order chi connectivity index (χ1) is 9.40. The first kappa shape index (κ1) is 14.4. The number of thiazole rings is 1. The molecule has 0 radical (unpaired) electrons. The molecule has 1 unspecified atom stereocenters. The number of aryl methyl sites for hydroxylation is 1. The first-order valence-electron chi connectivity index (χ1n) is 5.86. The number of nitrogens with two attached hydrogens (primary N) is 1. The number of anilines is 1. The Hall–Kier alpha value is -2.02. The molecule has 4 nitrogen and oxygen atoms in total. The number of nitrogens with zero attached hydrogens (tertiary/aromatic N) is 1. The molecule has 0 aliphatic heterocycles. The van der Waals surface area contributed by atoms with Gasteiger partial charge in [0.1, 0.15) is 16.4 Å². The van der Waals surface area contributed by atoms with Crippen molar-refractivity contribution < 1.29 is 13.6 Å². The largest absolute Gasteiger partial charge is 0.396 e. The van der Waals surface area contributed by atoms with Crippen LogP contribution in [0.2, 0.25) is 0 Å². The average molecular weight is 297 g/mol. The fourth-order valence-corrected chi connectivity index (χ4v) is 2.46. The van der Waals surface area contributed by atoms with E-state index in [1.807, 2.05) is 6.92 Å². The number of rotatable bonds is 3. The maximum Gasteiger partial charge on any atom is 0.257 e. The lowest BCUT2D eigenvalue weighted by Crippen LogP contribution is -2.28. The zero-order chi connectivity index (χ0) is 14.9. The van der Waals surface area contributed by atoms with Gasteiger partial charge in [0.15, 0.2) is 5.82 Å². The molecule has 2 aromatic rings. The Morgan fingerprint density at radius 3 is 2.75 bits per heavy atom. The molecule has 0 saturated heterocycles. The summed E-state index contributed by atoms with van der Waals surface area (Å²) in [7, 11) is 0. The van der Waals surface area contributed by atoms with Gasteiger partial charge < -0.3 is 11.1 Å². The smallest absolute Gasteiger partial charge is 0.257 e. The van der Waals surface area contributed by atoms with Crippen molar-refractivity contribution in [2.45, 2.75) is 19.9 Å². The van der Waals surface area contributed by atoms with Gasteiger partial charge in [0.05, 0.1) is 11.7 Å². The van der Waals surface area contributed by atoms with Crippen LogP contribution in [0, 0.1) is 18.6 Å². The zero-order valence-electron chi connectivity index (χ0n) is 10.9. The van der Waals surface area contributed by atoms with Crippen LogP contribution in [-0.4, -0.2) is 10.9 Å². The molecule has 0 aliphatic rings. The Morgan fingerprint density at radius 2 is 2.15 bits per heavy atom. The number of nitrogen functional groups attached to an aromatic ring is 1. The van der Waals surface area contributed by atoms with Crippen molar-refractivity contribution in [2.75, 3.05) is 5.73 Å². The average Bonchev–Trinajstić information content (AvgIpc) is 2.81. The molecule has 1 heterocycles. The summed E-state index contributed by atoms with van der Waals surface area (Å²) in [5.41, 5.74) is 4.40. The third-order valence-corrected chi connectivity index (χ3v) is 3.80. The second-order valence-electron chi connectivity index (χ2n) is 4.33. The van der Waals surface area contributed by atoms with Gasteiger partial charge >= 0.3 is 0 Å². The monoisotopic (exact) mass is 297 g/mol. The van der Waals surface area contributed by atoms with E-state index in [4.69, 9.17) is 5.73 Å². The Balaban J connectivity index is 2.23. The maximum absolute atomic E-state index is 13.7.